The first-order valence-corrected chi connectivity index (χ1v) is 9.97. The molecule has 4 nitrogen and oxygen atoms in total. The van der Waals surface area contributed by atoms with Gasteiger partial charge in [-0.05, 0) is 48.9 Å². The van der Waals surface area contributed by atoms with Crippen LogP contribution < -0.4 is 5.32 Å². The van der Waals surface area contributed by atoms with E-state index in [-0.39, 0.29) is 30.3 Å². The summed E-state index contributed by atoms with van der Waals surface area (Å²) in [6.45, 7) is -0.249. The quantitative estimate of drug-likeness (QED) is 0.592. The fourth-order valence-electron chi connectivity index (χ4n) is 3.76. The van der Waals surface area contributed by atoms with Crippen LogP contribution in [-0.4, -0.2) is 18.5 Å². The lowest BCUT2D eigenvalue weighted by Gasteiger charge is -2.16. The number of para-hydroxylation sites is 1. The Hall–Kier alpha value is -2.53. The largest absolute Gasteiger partial charge is 0.455 e. The monoisotopic (exact) mass is 379 g/mol. The number of fused-ring (bicyclic) bond motifs is 2. The summed E-state index contributed by atoms with van der Waals surface area (Å²) in [6.07, 6.45) is 6.17. The van der Waals surface area contributed by atoms with Crippen LogP contribution in [0.1, 0.15) is 12.8 Å². The highest BCUT2D eigenvalue weighted by molar-refractivity contribution is 7.99. The Kier molecular flexibility index (Phi) is 5.30. The van der Waals surface area contributed by atoms with Gasteiger partial charge in [0.15, 0.2) is 6.61 Å². The van der Waals surface area contributed by atoms with E-state index in [1.54, 1.807) is 11.8 Å². The van der Waals surface area contributed by atoms with Gasteiger partial charge in [-0.25, -0.2) is 0 Å². The maximum atomic E-state index is 12.3. The number of carbonyl (C=O) groups excluding carboxylic acids is 2. The van der Waals surface area contributed by atoms with Crippen LogP contribution in [0, 0.1) is 17.8 Å². The molecule has 0 saturated heterocycles. The number of benzene rings is 2. The van der Waals surface area contributed by atoms with Crippen LogP contribution in [0.4, 0.5) is 5.69 Å². The maximum Gasteiger partial charge on any atom is 0.310 e. The third kappa shape index (κ3) is 4.25. The number of nitrogens with one attached hydrogen (secondary N) is 1. The highest BCUT2D eigenvalue weighted by Crippen LogP contribution is 2.43. The van der Waals surface area contributed by atoms with Crippen molar-refractivity contribution >= 4 is 29.3 Å². The van der Waals surface area contributed by atoms with Gasteiger partial charge in [-0.15, -0.1) is 0 Å². The van der Waals surface area contributed by atoms with Gasteiger partial charge in [-0.1, -0.05) is 54.2 Å². The second-order valence-electron chi connectivity index (χ2n) is 6.95. The first-order chi connectivity index (χ1) is 13.2. The molecule has 2 aliphatic carbocycles. The van der Waals surface area contributed by atoms with Crippen molar-refractivity contribution in [3.05, 3.63) is 66.7 Å². The molecule has 0 aliphatic heterocycles. The lowest BCUT2D eigenvalue weighted by atomic mass is 9.94. The van der Waals surface area contributed by atoms with Crippen molar-refractivity contribution in [2.24, 2.45) is 17.8 Å². The zero-order chi connectivity index (χ0) is 18.6. The number of allylic oxidation sites excluding steroid dienone is 2. The molecular weight excluding hydrogens is 358 g/mol. The molecule has 1 N–H and O–H groups in total. The van der Waals surface area contributed by atoms with E-state index < -0.39 is 0 Å². The Balaban J connectivity index is 1.33. The summed E-state index contributed by atoms with van der Waals surface area (Å²) in [4.78, 5) is 26.6. The molecule has 2 aliphatic rings. The van der Waals surface area contributed by atoms with E-state index in [0.717, 1.165) is 28.3 Å². The SMILES string of the molecule is O=C(COC(=O)C1CC2C=CC1C2)Nc1ccccc1Sc1ccccc1. The van der Waals surface area contributed by atoms with Crippen LogP contribution in [-0.2, 0) is 14.3 Å². The molecule has 3 unspecified atom stereocenters. The number of esters is 1. The van der Waals surface area contributed by atoms with E-state index in [4.69, 9.17) is 4.74 Å². The number of amides is 1. The Labute approximate surface area is 163 Å². The average Bonchev–Trinajstić information content (AvgIpc) is 3.32. The molecule has 1 saturated carbocycles. The minimum atomic E-state index is -0.317. The third-order valence-electron chi connectivity index (χ3n) is 5.06. The van der Waals surface area contributed by atoms with Crippen LogP contribution in [0.2, 0.25) is 0 Å². The van der Waals surface area contributed by atoms with Crippen molar-refractivity contribution in [2.45, 2.75) is 22.6 Å². The molecule has 27 heavy (non-hydrogen) atoms. The van der Waals surface area contributed by atoms with E-state index in [9.17, 15) is 9.59 Å². The summed E-state index contributed by atoms with van der Waals surface area (Å²) in [7, 11) is 0. The molecule has 2 aromatic carbocycles. The number of hydrogen-bond donors (Lipinski definition) is 1. The van der Waals surface area contributed by atoms with Crippen molar-refractivity contribution in [2.75, 3.05) is 11.9 Å². The first-order valence-electron chi connectivity index (χ1n) is 9.16. The van der Waals surface area contributed by atoms with E-state index in [0.29, 0.717) is 5.92 Å². The van der Waals surface area contributed by atoms with Gasteiger partial charge in [0, 0.05) is 9.79 Å². The van der Waals surface area contributed by atoms with Crippen LogP contribution >= 0.6 is 11.8 Å². The van der Waals surface area contributed by atoms with E-state index in [1.807, 2.05) is 54.6 Å². The molecule has 138 valence electrons. The van der Waals surface area contributed by atoms with Crippen LogP contribution in [0.3, 0.4) is 0 Å². The topological polar surface area (TPSA) is 55.4 Å². The molecule has 1 amide bonds. The number of hydrogen-bond acceptors (Lipinski definition) is 4. The molecule has 5 heteroatoms. The van der Waals surface area contributed by atoms with Gasteiger partial charge in [-0.3, -0.25) is 9.59 Å². The van der Waals surface area contributed by atoms with Crippen LogP contribution in [0.25, 0.3) is 0 Å². The number of ether oxygens (including phenoxy) is 1. The summed E-state index contributed by atoms with van der Waals surface area (Å²) in [5, 5.41) is 2.86. The van der Waals surface area contributed by atoms with Crippen molar-refractivity contribution < 1.29 is 14.3 Å². The summed E-state index contributed by atoms with van der Waals surface area (Å²) in [5.74, 6) is 0.127. The van der Waals surface area contributed by atoms with E-state index in [1.165, 1.54) is 0 Å². The Bertz CT molecular complexity index is 865. The lowest BCUT2D eigenvalue weighted by molar-refractivity contribution is -0.152. The van der Waals surface area contributed by atoms with Gasteiger partial charge >= 0.3 is 5.97 Å². The minimum absolute atomic E-state index is 0.0891. The van der Waals surface area contributed by atoms with E-state index in [2.05, 4.69) is 17.5 Å². The highest BCUT2D eigenvalue weighted by atomic mass is 32.2. The maximum absolute atomic E-state index is 12.3. The third-order valence-corrected chi connectivity index (χ3v) is 6.14. The predicted octanol–water partition coefficient (Wildman–Crippen LogP) is 4.53. The minimum Gasteiger partial charge on any atom is -0.455 e. The summed E-state index contributed by atoms with van der Waals surface area (Å²) in [5.41, 5.74) is 0.718. The van der Waals surface area contributed by atoms with Gasteiger partial charge in [0.05, 0.1) is 11.6 Å². The van der Waals surface area contributed by atoms with Gasteiger partial charge in [0.25, 0.3) is 5.91 Å². The molecular formula is C22H21NO3S. The van der Waals surface area contributed by atoms with Crippen molar-refractivity contribution in [1.29, 1.82) is 0 Å². The van der Waals surface area contributed by atoms with Gasteiger partial charge in [-0.2, -0.15) is 0 Å². The van der Waals surface area contributed by atoms with Crippen molar-refractivity contribution in [3.63, 3.8) is 0 Å². The molecule has 2 bridgehead atoms. The first kappa shape index (κ1) is 17.9. The van der Waals surface area contributed by atoms with Crippen LogP contribution in [0.5, 0.6) is 0 Å². The normalized spacial score (nSPS) is 22.6. The number of carbonyl (C=O) groups is 2. The Morgan fingerprint density at radius 3 is 2.52 bits per heavy atom. The molecule has 0 radical (unpaired) electrons. The number of rotatable bonds is 6. The zero-order valence-electron chi connectivity index (χ0n) is 14.8. The molecule has 3 atom stereocenters. The predicted molar refractivity (Wildman–Crippen MR) is 105 cm³/mol. The smallest absolute Gasteiger partial charge is 0.310 e. The summed E-state index contributed by atoms with van der Waals surface area (Å²) >= 11 is 1.58. The molecule has 1 fully saturated rings. The van der Waals surface area contributed by atoms with Gasteiger partial charge < -0.3 is 10.1 Å². The number of anilines is 1. The molecule has 0 spiro atoms. The van der Waals surface area contributed by atoms with E-state index >= 15 is 0 Å². The second kappa shape index (κ2) is 8.01. The van der Waals surface area contributed by atoms with Crippen LogP contribution in [0.15, 0.2) is 76.5 Å². The highest BCUT2D eigenvalue weighted by Gasteiger charge is 2.40. The second-order valence-corrected chi connectivity index (χ2v) is 8.07. The average molecular weight is 379 g/mol. The fraction of sp³-hybridized carbons (Fsp3) is 0.273. The fourth-order valence-corrected chi connectivity index (χ4v) is 4.68. The lowest BCUT2D eigenvalue weighted by Crippen LogP contribution is -2.26. The molecule has 4 rings (SSSR count). The van der Waals surface area contributed by atoms with Gasteiger partial charge in [0.1, 0.15) is 0 Å². The zero-order valence-corrected chi connectivity index (χ0v) is 15.7. The molecule has 0 aromatic heterocycles. The van der Waals surface area contributed by atoms with Crippen molar-refractivity contribution in [3.8, 4) is 0 Å². The summed E-state index contributed by atoms with van der Waals surface area (Å²) < 4.78 is 5.28. The van der Waals surface area contributed by atoms with Crippen molar-refractivity contribution in [1.82, 2.24) is 0 Å². The molecule has 2 aromatic rings. The molecule has 0 heterocycles. The standard InChI is InChI=1S/C22H21NO3S/c24-21(14-26-22(25)18-13-15-10-11-16(18)12-15)23-19-8-4-5-9-20(19)27-17-6-2-1-3-7-17/h1-11,15-16,18H,12-14H2,(H,23,24). The Morgan fingerprint density at radius 2 is 1.78 bits per heavy atom. The Morgan fingerprint density at radius 1 is 1.00 bits per heavy atom. The van der Waals surface area contributed by atoms with Gasteiger partial charge in [0.2, 0.25) is 0 Å². The summed E-state index contributed by atoms with van der Waals surface area (Å²) in [6, 6.07) is 17.6.